The van der Waals surface area contributed by atoms with Crippen LogP contribution in [0.2, 0.25) is 0 Å². The van der Waals surface area contributed by atoms with Crippen LogP contribution in [0.4, 0.5) is 4.79 Å². The molecule has 7 heteroatoms. The SMILES string of the molecule is O=C(O)N1CC[C@@H](c2cn(-c3ccccc3)nn2)[C@H](O)C1. The van der Waals surface area contributed by atoms with Crippen molar-refractivity contribution in [3.8, 4) is 5.69 Å². The minimum Gasteiger partial charge on any atom is -0.465 e. The zero-order valence-corrected chi connectivity index (χ0v) is 11.3. The van der Waals surface area contributed by atoms with E-state index in [4.69, 9.17) is 5.11 Å². The van der Waals surface area contributed by atoms with Crippen molar-refractivity contribution in [1.82, 2.24) is 19.9 Å². The Morgan fingerprint density at radius 1 is 1.29 bits per heavy atom. The molecule has 1 fully saturated rings. The van der Waals surface area contributed by atoms with Gasteiger partial charge in [0.15, 0.2) is 0 Å². The summed E-state index contributed by atoms with van der Waals surface area (Å²) in [5, 5.41) is 27.3. The first-order chi connectivity index (χ1) is 10.1. The fraction of sp³-hybridized carbons (Fsp3) is 0.357. The van der Waals surface area contributed by atoms with Crippen molar-refractivity contribution in [2.75, 3.05) is 13.1 Å². The molecular formula is C14H16N4O3. The summed E-state index contributed by atoms with van der Waals surface area (Å²) in [5.74, 6) is -0.182. The molecule has 0 aliphatic carbocycles. The second-order valence-electron chi connectivity index (χ2n) is 5.11. The number of para-hydroxylation sites is 1. The Morgan fingerprint density at radius 2 is 2.05 bits per heavy atom. The predicted octanol–water partition coefficient (Wildman–Crippen LogP) is 1.10. The Hall–Kier alpha value is -2.41. The van der Waals surface area contributed by atoms with Crippen molar-refractivity contribution in [3.63, 3.8) is 0 Å². The number of rotatable bonds is 2. The number of nitrogens with zero attached hydrogens (tertiary/aromatic N) is 4. The number of carboxylic acid groups (broad SMARTS) is 1. The van der Waals surface area contributed by atoms with E-state index in [2.05, 4.69) is 10.3 Å². The average molecular weight is 288 g/mol. The summed E-state index contributed by atoms with van der Waals surface area (Å²) in [6.45, 7) is 0.507. The summed E-state index contributed by atoms with van der Waals surface area (Å²) in [6, 6.07) is 9.59. The third-order valence-electron chi connectivity index (χ3n) is 3.76. The van der Waals surface area contributed by atoms with Gasteiger partial charge in [0.05, 0.1) is 30.2 Å². The average Bonchev–Trinajstić information content (AvgIpc) is 2.97. The van der Waals surface area contributed by atoms with Crippen molar-refractivity contribution in [2.45, 2.75) is 18.4 Å². The van der Waals surface area contributed by atoms with Gasteiger partial charge in [-0.05, 0) is 18.6 Å². The summed E-state index contributed by atoms with van der Waals surface area (Å²) in [4.78, 5) is 12.1. The zero-order chi connectivity index (χ0) is 14.8. The fourth-order valence-electron chi connectivity index (χ4n) is 2.60. The summed E-state index contributed by atoms with van der Waals surface area (Å²) in [6.07, 6.45) is 0.580. The van der Waals surface area contributed by atoms with Gasteiger partial charge in [0.1, 0.15) is 0 Å². The van der Waals surface area contributed by atoms with Gasteiger partial charge in [-0.2, -0.15) is 0 Å². The van der Waals surface area contributed by atoms with E-state index in [1.165, 1.54) is 4.90 Å². The quantitative estimate of drug-likeness (QED) is 0.863. The Morgan fingerprint density at radius 3 is 2.71 bits per heavy atom. The molecule has 21 heavy (non-hydrogen) atoms. The molecule has 3 rings (SSSR count). The molecule has 1 aromatic carbocycles. The molecule has 1 saturated heterocycles. The fourth-order valence-corrected chi connectivity index (χ4v) is 2.60. The lowest BCUT2D eigenvalue weighted by Crippen LogP contribution is -2.45. The van der Waals surface area contributed by atoms with Crippen LogP contribution in [0.3, 0.4) is 0 Å². The van der Waals surface area contributed by atoms with E-state index in [0.29, 0.717) is 18.7 Å². The molecule has 2 N–H and O–H groups in total. The Bertz CT molecular complexity index is 628. The number of carbonyl (C=O) groups is 1. The number of β-amino-alcohol motifs (C(OH)–C–C–N with tert-alkyl or cyclic N) is 1. The van der Waals surface area contributed by atoms with E-state index in [-0.39, 0.29) is 12.5 Å². The van der Waals surface area contributed by atoms with Crippen LogP contribution in [-0.2, 0) is 0 Å². The van der Waals surface area contributed by atoms with E-state index in [0.717, 1.165) is 5.69 Å². The van der Waals surface area contributed by atoms with Crippen LogP contribution < -0.4 is 0 Å². The molecule has 0 bridgehead atoms. The summed E-state index contributed by atoms with van der Waals surface area (Å²) < 4.78 is 1.66. The van der Waals surface area contributed by atoms with Gasteiger partial charge >= 0.3 is 6.09 Å². The highest BCUT2D eigenvalue weighted by atomic mass is 16.4. The first-order valence-electron chi connectivity index (χ1n) is 6.79. The Labute approximate surface area is 121 Å². The molecule has 110 valence electrons. The van der Waals surface area contributed by atoms with Crippen molar-refractivity contribution >= 4 is 6.09 Å². The number of piperidine rings is 1. The molecule has 2 atom stereocenters. The Kier molecular flexibility index (Phi) is 3.57. The van der Waals surface area contributed by atoms with E-state index in [1.807, 2.05) is 30.3 Å². The van der Waals surface area contributed by atoms with Crippen molar-refractivity contribution < 1.29 is 15.0 Å². The topological polar surface area (TPSA) is 91.5 Å². The molecule has 1 aliphatic rings. The normalized spacial score (nSPS) is 22.2. The molecule has 2 aromatic rings. The third-order valence-corrected chi connectivity index (χ3v) is 3.76. The van der Waals surface area contributed by atoms with Crippen LogP contribution in [0, 0.1) is 0 Å². The maximum atomic E-state index is 10.9. The number of aliphatic hydroxyl groups excluding tert-OH is 1. The largest absolute Gasteiger partial charge is 0.465 e. The summed E-state index contributed by atoms with van der Waals surface area (Å²) in [7, 11) is 0. The molecule has 0 radical (unpaired) electrons. The van der Waals surface area contributed by atoms with Gasteiger partial charge in [0.25, 0.3) is 0 Å². The number of likely N-dealkylation sites (tertiary alicyclic amines) is 1. The van der Waals surface area contributed by atoms with Crippen LogP contribution in [0.15, 0.2) is 36.5 Å². The van der Waals surface area contributed by atoms with E-state index in [9.17, 15) is 9.90 Å². The zero-order valence-electron chi connectivity index (χ0n) is 11.3. The highest BCUT2D eigenvalue weighted by Gasteiger charge is 2.32. The van der Waals surface area contributed by atoms with Crippen LogP contribution >= 0.6 is 0 Å². The molecule has 0 unspecified atom stereocenters. The third kappa shape index (κ3) is 2.73. The monoisotopic (exact) mass is 288 g/mol. The molecule has 0 spiro atoms. The molecule has 2 heterocycles. The van der Waals surface area contributed by atoms with Crippen LogP contribution in [-0.4, -0.2) is 55.4 Å². The number of amides is 1. The molecule has 1 amide bonds. The first kappa shape index (κ1) is 13.6. The van der Waals surface area contributed by atoms with Crippen LogP contribution in [0.1, 0.15) is 18.0 Å². The second kappa shape index (κ2) is 5.53. The predicted molar refractivity (Wildman–Crippen MR) is 74.3 cm³/mol. The minimum absolute atomic E-state index is 0.109. The standard InChI is InChI=1S/C14H16N4O3/c19-13-9-17(14(20)21)7-6-11(13)12-8-18(16-15-12)10-4-2-1-3-5-10/h1-5,8,11,13,19H,6-7,9H2,(H,20,21)/t11-,13+/m0/s1. The number of aromatic nitrogens is 3. The minimum atomic E-state index is -1.000. The highest BCUT2D eigenvalue weighted by molar-refractivity contribution is 5.65. The number of hydrogen-bond donors (Lipinski definition) is 2. The van der Waals surface area contributed by atoms with Crippen molar-refractivity contribution in [3.05, 3.63) is 42.2 Å². The number of aliphatic hydroxyl groups is 1. The Balaban J connectivity index is 1.77. The number of benzene rings is 1. The maximum Gasteiger partial charge on any atom is 0.407 e. The van der Waals surface area contributed by atoms with Gasteiger partial charge in [-0.1, -0.05) is 23.4 Å². The number of hydrogen-bond acceptors (Lipinski definition) is 4. The van der Waals surface area contributed by atoms with Gasteiger partial charge < -0.3 is 15.1 Å². The van der Waals surface area contributed by atoms with Gasteiger partial charge in [-0.3, -0.25) is 0 Å². The lowest BCUT2D eigenvalue weighted by Gasteiger charge is -2.33. The molecule has 0 saturated carbocycles. The summed E-state index contributed by atoms with van der Waals surface area (Å²) >= 11 is 0. The molecular weight excluding hydrogens is 272 g/mol. The molecule has 1 aliphatic heterocycles. The lowest BCUT2D eigenvalue weighted by atomic mass is 9.91. The highest BCUT2D eigenvalue weighted by Crippen LogP contribution is 2.27. The van der Waals surface area contributed by atoms with Crippen molar-refractivity contribution in [1.29, 1.82) is 0 Å². The van der Waals surface area contributed by atoms with Crippen LogP contribution in [0.5, 0.6) is 0 Å². The molecule has 1 aromatic heterocycles. The van der Waals surface area contributed by atoms with Gasteiger partial charge in [-0.15, -0.1) is 5.10 Å². The molecule has 7 nitrogen and oxygen atoms in total. The van der Waals surface area contributed by atoms with Gasteiger partial charge in [-0.25, -0.2) is 9.48 Å². The second-order valence-corrected chi connectivity index (χ2v) is 5.11. The van der Waals surface area contributed by atoms with E-state index >= 15 is 0 Å². The van der Waals surface area contributed by atoms with E-state index < -0.39 is 12.2 Å². The lowest BCUT2D eigenvalue weighted by molar-refractivity contribution is 0.0493. The summed E-state index contributed by atoms with van der Waals surface area (Å²) in [5.41, 5.74) is 1.59. The first-order valence-corrected chi connectivity index (χ1v) is 6.79. The van der Waals surface area contributed by atoms with Gasteiger partial charge in [0.2, 0.25) is 0 Å². The van der Waals surface area contributed by atoms with E-state index in [1.54, 1.807) is 10.9 Å². The van der Waals surface area contributed by atoms with Gasteiger partial charge in [0, 0.05) is 12.5 Å². The van der Waals surface area contributed by atoms with Crippen LogP contribution in [0.25, 0.3) is 5.69 Å². The maximum absolute atomic E-state index is 10.9. The van der Waals surface area contributed by atoms with Crippen molar-refractivity contribution in [2.24, 2.45) is 0 Å². The smallest absolute Gasteiger partial charge is 0.407 e.